The number of nitrogens with one attached hydrogen (secondary N) is 2. The number of nitrogens with zero attached hydrogens (tertiary/aromatic N) is 4. The van der Waals surface area contributed by atoms with Gasteiger partial charge in [-0.05, 0) is 49.7 Å². The maximum Gasteiger partial charge on any atom is 0.227 e. The first-order valence-corrected chi connectivity index (χ1v) is 10.9. The molecule has 0 saturated carbocycles. The predicted molar refractivity (Wildman–Crippen MR) is 123 cm³/mol. The summed E-state index contributed by atoms with van der Waals surface area (Å²) in [6.45, 7) is 5.26. The lowest BCUT2D eigenvalue weighted by molar-refractivity contribution is 0.115. The Morgan fingerprint density at radius 2 is 1.97 bits per heavy atom. The Morgan fingerprint density at radius 3 is 2.84 bits per heavy atom. The first-order chi connectivity index (χ1) is 15.2. The highest BCUT2D eigenvalue weighted by atomic mass is 16.5. The summed E-state index contributed by atoms with van der Waals surface area (Å²) in [7, 11) is 2.16. The first kappa shape index (κ1) is 19.8. The van der Waals surface area contributed by atoms with Gasteiger partial charge in [-0.25, -0.2) is 15.0 Å². The van der Waals surface area contributed by atoms with Crippen molar-refractivity contribution in [1.82, 2.24) is 19.9 Å². The highest BCUT2D eigenvalue weighted by Crippen LogP contribution is 2.33. The van der Waals surface area contributed by atoms with Gasteiger partial charge in [0, 0.05) is 43.5 Å². The standard InChI is InChI=1S/C24H28N6O/c1-16-14-26-23-19(16)13-17(15-27-23)20-7-10-25-24(28-20)29-21-5-3-4-6-22(21)31-18-8-11-30(2)12-9-18/h3-7,10,13,15-16,18H,8-9,11-12,14H2,1-2H3,(H,26,27)(H,25,28,29). The summed E-state index contributed by atoms with van der Waals surface area (Å²) in [6.07, 6.45) is 5.96. The third-order valence-electron chi connectivity index (χ3n) is 6.07. The number of hydrogen-bond donors (Lipinski definition) is 2. The van der Waals surface area contributed by atoms with E-state index in [-0.39, 0.29) is 6.10 Å². The van der Waals surface area contributed by atoms with E-state index in [2.05, 4.69) is 45.5 Å². The molecule has 7 heteroatoms. The fourth-order valence-corrected chi connectivity index (χ4v) is 4.16. The molecule has 0 amide bonds. The summed E-state index contributed by atoms with van der Waals surface area (Å²) in [4.78, 5) is 16.1. The Hall–Kier alpha value is -3.19. The molecule has 1 atom stereocenters. The molecule has 7 nitrogen and oxygen atoms in total. The number of hydrogen-bond acceptors (Lipinski definition) is 7. The summed E-state index contributed by atoms with van der Waals surface area (Å²) < 4.78 is 6.32. The zero-order chi connectivity index (χ0) is 21.2. The van der Waals surface area contributed by atoms with Gasteiger partial charge in [0.1, 0.15) is 17.7 Å². The second-order valence-corrected chi connectivity index (χ2v) is 8.45. The number of ether oxygens (including phenoxy) is 1. The molecular weight excluding hydrogens is 388 g/mol. The number of benzene rings is 1. The average Bonchev–Trinajstić information content (AvgIpc) is 3.17. The minimum absolute atomic E-state index is 0.236. The Bertz CT molecular complexity index is 1060. The molecule has 0 radical (unpaired) electrons. The third-order valence-corrected chi connectivity index (χ3v) is 6.07. The van der Waals surface area contributed by atoms with Crippen LogP contribution in [-0.4, -0.2) is 52.6 Å². The molecule has 5 rings (SSSR count). The zero-order valence-corrected chi connectivity index (χ0v) is 18.0. The Kier molecular flexibility index (Phi) is 5.42. The van der Waals surface area contributed by atoms with Crippen molar-refractivity contribution in [1.29, 1.82) is 0 Å². The number of anilines is 3. The highest BCUT2D eigenvalue weighted by Gasteiger charge is 2.21. The maximum absolute atomic E-state index is 6.32. The van der Waals surface area contributed by atoms with Crippen LogP contribution in [0, 0.1) is 0 Å². The predicted octanol–water partition coefficient (Wildman–Crippen LogP) is 4.28. The molecule has 1 saturated heterocycles. The lowest BCUT2D eigenvalue weighted by Gasteiger charge is -2.29. The summed E-state index contributed by atoms with van der Waals surface area (Å²) in [5.41, 5.74) is 3.96. The van der Waals surface area contributed by atoms with Crippen molar-refractivity contribution in [3.05, 3.63) is 54.4 Å². The third kappa shape index (κ3) is 4.32. The lowest BCUT2D eigenvalue weighted by atomic mass is 10.0. The van der Waals surface area contributed by atoms with E-state index in [9.17, 15) is 0 Å². The van der Waals surface area contributed by atoms with Crippen molar-refractivity contribution < 1.29 is 4.74 Å². The van der Waals surface area contributed by atoms with Crippen molar-refractivity contribution >= 4 is 17.5 Å². The van der Waals surface area contributed by atoms with Gasteiger partial charge in [-0.2, -0.15) is 0 Å². The number of para-hydroxylation sites is 2. The number of piperidine rings is 1. The average molecular weight is 417 g/mol. The molecule has 2 aliphatic heterocycles. The van der Waals surface area contributed by atoms with E-state index < -0.39 is 0 Å². The van der Waals surface area contributed by atoms with Crippen LogP contribution in [0.15, 0.2) is 48.8 Å². The zero-order valence-electron chi connectivity index (χ0n) is 18.0. The van der Waals surface area contributed by atoms with E-state index in [1.807, 2.05) is 36.5 Å². The Balaban J connectivity index is 1.35. The van der Waals surface area contributed by atoms with E-state index in [0.717, 1.165) is 61.0 Å². The van der Waals surface area contributed by atoms with Crippen molar-refractivity contribution in [2.24, 2.45) is 0 Å². The lowest BCUT2D eigenvalue weighted by Crippen LogP contribution is -2.35. The number of aromatic nitrogens is 3. The van der Waals surface area contributed by atoms with Gasteiger partial charge >= 0.3 is 0 Å². The molecule has 0 aliphatic carbocycles. The van der Waals surface area contributed by atoms with Gasteiger partial charge in [0.25, 0.3) is 0 Å². The van der Waals surface area contributed by atoms with Crippen LogP contribution in [0.25, 0.3) is 11.3 Å². The van der Waals surface area contributed by atoms with Crippen LogP contribution in [-0.2, 0) is 0 Å². The Morgan fingerprint density at radius 1 is 1.13 bits per heavy atom. The normalized spacial score (nSPS) is 19.0. The van der Waals surface area contributed by atoms with Crippen LogP contribution < -0.4 is 15.4 Å². The molecule has 2 N–H and O–H groups in total. The van der Waals surface area contributed by atoms with E-state index in [1.165, 1.54) is 5.56 Å². The minimum Gasteiger partial charge on any atom is -0.488 e. The van der Waals surface area contributed by atoms with Crippen molar-refractivity contribution in [3.63, 3.8) is 0 Å². The van der Waals surface area contributed by atoms with Crippen LogP contribution in [0.1, 0.15) is 31.2 Å². The number of fused-ring (bicyclic) bond motifs is 1. The SMILES string of the molecule is CC1CNc2ncc(-c3ccnc(Nc4ccccc4OC4CCN(C)CC4)n3)cc21. The highest BCUT2D eigenvalue weighted by molar-refractivity contribution is 5.67. The largest absolute Gasteiger partial charge is 0.488 e. The second kappa shape index (κ2) is 8.51. The van der Waals surface area contributed by atoms with Crippen LogP contribution in [0.4, 0.5) is 17.5 Å². The summed E-state index contributed by atoms with van der Waals surface area (Å²) in [5, 5.41) is 6.69. The molecular formula is C24H28N6O. The molecule has 2 aliphatic rings. The van der Waals surface area contributed by atoms with Crippen LogP contribution in [0.3, 0.4) is 0 Å². The molecule has 1 fully saturated rings. The van der Waals surface area contributed by atoms with Crippen LogP contribution in [0.5, 0.6) is 5.75 Å². The Labute approximate surface area is 182 Å². The van der Waals surface area contributed by atoms with Crippen molar-refractivity contribution in [3.8, 4) is 17.0 Å². The molecule has 160 valence electrons. The molecule has 0 bridgehead atoms. The van der Waals surface area contributed by atoms with Crippen molar-refractivity contribution in [2.45, 2.75) is 31.8 Å². The quantitative estimate of drug-likeness (QED) is 0.643. The topological polar surface area (TPSA) is 75.2 Å². The van der Waals surface area contributed by atoms with E-state index in [4.69, 9.17) is 9.72 Å². The molecule has 0 spiro atoms. The molecule has 1 aromatic carbocycles. The number of likely N-dealkylation sites (tertiary alicyclic amines) is 1. The summed E-state index contributed by atoms with van der Waals surface area (Å²) >= 11 is 0. The fourth-order valence-electron chi connectivity index (χ4n) is 4.16. The molecule has 3 aromatic rings. The van der Waals surface area contributed by atoms with Gasteiger partial charge in [0.2, 0.25) is 5.95 Å². The molecule has 1 unspecified atom stereocenters. The van der Waals surface area contributed by atoms with Crippen LogP contribution in [0.2, 0.25) is 0 Å². The van der Waals surface area contributed by atoms with Gasteiger partial charge in [-0.1, -0.05) is 19.1 Å². The van der Waals surface area contributed by atoms with Crippen LogP contribution >= 0.6 is 0 Å². The van der Waals surface area contributed by atoms with Gasteiger partial charge in [0.15, 0.2) is 0 Å². The monoisotopic (exact) mass is 416 g/mol. The first-order valence-electron chi connectivity index (χ1n) is 10.9. The van der Waals surface area contributed by atoms with Gasteiger partial charge in [-0.15, -0.1) is 0 Å². The smallest absolute Gasteiger partial charge is 0.227 e. The fraction of sp³-hybridized carbons (Fsp3) is 0.375. The number of rotatable bonds is 5. The molecule has 4 heterocycles. The van der Waals surface area contributed by atoms with Gasteiger partial charge in [-0.3, -0.25) is 0 Å². The van der Waals surface area contributed by atoms with Gasteiger partial charge in [0.05, 0.1) is 11.4 Å². The second-order valence-electron chi connectivity index (χ2n) is 8.45. The number of pyridine rings is 1. The summed E-state index contributed by atoms with van der Waals surface area (Å²) in [6, 6.07) is 12.1. The van der Waals surface area contributed by atoms with Gasteiger partial charge < -0.3 is 20.3 Å². The molecule has 2 aromatic heterocycles. The molecule has 31 heavy (non-hydrogen) atoms. The minimum atomic E-state index is 0.236. The van der Waals surface area contributed by atoms with E-state index in [1.54, 1.807) is 6.20 Å². The summed E-state index contributed by atoms with van der Waals surface area (Å²) in [5.74, 6) is 2.81. The maximum atomic E-state index is 6.32. The van der Waals surface area contributed by atoms with E-state index >= 15 is 0 Å². The van der Waals surface area contributed by atoms with E-state index in [0.29, 0.717) is 11.9 Å². The van der Waals surface area contributed by atoms with Crippen molar-refractivity contribution in [2.75, 3.05) is 37.3 Å².